The highest BCUT2D eigenvalue weighted by Crippen LogP contribution is 2.25. The number of nitrogens with two attached hydrogens (primary N) is 1. The van der Waals surface area contributed by atoms with Gasteiger partial charge in [-0.05, 0) is 37.1 Å². The fourth-order valence-electron chi connectivity index (χ4n) is 1.83. The van der Waals surface area contributed by atoms with E-state index < -0.39 is 9.84 Å². The molecule has 0 aliphatic rings. The van der Waals surface area contributed by atoms with E-state index in [1.807, 2.05) is 38.1 Å². The van der Waals surface area contributed by atoms with E-state index in [9.17, 15) is 13.2 Å². The number of amides is 1. The molecular formula is C16H19NO3S. The van der Waals surface area contributed by atoms with E-state index in [1.165, 1.54) is 6.92 Å². The van der Waals surface area contributed by atoms with Gasteiger partial charge in [0.05, 0.1) is 9.79 Å². The molecule has 0 radical (unpaired) electrons. The smallest absolute Gasteiger partial charge is 0.214 e. The maximum absolute atomic E-state index is 12.5. The Morgan fingerprint density at radius 1 is 0.857 bits per heavy atom. The first kappa shape index (κ1) is 16.9. The third kappa shape index (κ3) is 4.43. The molecule has 2 N–H and O–H groups in total. The molecule has 21 heavy (non-hydrogen) atoms. The topological polar surface area (TPSA) is 77.2 Å². The molecule has 0 bridgehead atoms. The third-order valence-corrected chi connectivity index (χ3v) is 4.84. The van der Waals surface area contributed by atoms with Crippen molar-refractivity contribution < 1.29 is 13.2 Å². The van der Waals surface area contributed by atoms with Crippen LogP contribution in [0.2, 0.25) is 0 Å². The molecule has 0 aromatic heterocycles. The number of rotatable bonds is 2. The molecule has 112 valence electrons. The van der Waals surface area contributed by atoms with Gasteiger partial charge in [-0.3, -0.25) is 4.79 Å². The first-order valence-corrected chi connectivity index (χ1v) is 7.87. The monoisotopic (exact) mass is 305 g/mol. The van der Waals surface area contributed by atoms with Crippen molar-refractivity contribution in [2.75, 3.05) is 0 Å². The fourth-order valence-corrected chi connectivity index (χ4v) is 3.57. The number of carbonyl (C=O) groups is 1. The molecule has 0 fully saturated rings. The molecule has 1 amide bonds. The summed E-state index contributed by atoms with van der Waals surface area (Å²) in [4.78, 5) is 9.99. The minimum absolute atomic E-state index is 0.333. The van der Waals surface area contributed by atoms with Crippen LogP contribution in [0, 0.1) is 13.8 Å². The van der Waals surface area contributed by atoms with Crippen LogP contribution in [0.3, 0.4) is 0 Å². The molecule has 0 unspecified atom stereocenters. The molecule has 0 aliphatic carbocycles. The maximum Gasteiger partial charge on any atom is 0.214 e. The number of hydrogen-bond donors (Lipinski definition) is 1. The molecule has 0 saturated heterocycles. The summed E-state index contributed by atoms with van der Waals surface area (Å²) < 4.78 is 25.0. The molecule has 2 aromatic carbocycles. The van der Waals surface area contributed by atoms with Crippen LogP contribution in [0.15, 0.2) is 58.3 Å². The Labute approximate surface area is 125 Å². The molecule has 2 aromatic rings. The van der Waals surface area contributed by atoms with Crippen LogP contribution in [0.25, 0.3) is 0 Å². The Bertz CT molecular complexity index is 681. The number of benzene rings is 2. The van der Waals surface area contributed by atoms with Crippen LogP contribution in [0.5, 0.6) is 0 Å². The Morgan fingerprint density at radius 3 is 1.43 bits per heavy atom. The molecule has 0 spiro atoms. The normalized spacial score (nSPS) is 10.4. The summed E-state index contributed by atoms with van der Waals surface area (Å²) in [5.74, 6) is -0.333. The largest absolute Gasteiger partial charge is 0.370 e. The molecule has 0 aliphatic heterocycles. The van der Waals surface area contributed by atoms with Crippen molar-refractivity contribution in [2.24, 2.45) is 5.73 Å². The van der Waals surface area contributed by atoms with Gasteiger partial charge in [-0.2, -0.15) is 0 Å². The second-order valence-corrected chi connectivity index (χ2v) is 6.53. The number of sulfone groups is 1. The number of carbonyl (C=O) groups excluding carboxylic acids is 1. The summed E-state index contributed by atoms with van der Waals surface area (Å²) in [6.07, 6.45) is 0. The van der Waals surface area contributed by atoms with Crippen molar-refractivity contribution >= 4 is 15.7 Å². The van der Waals surface area contributed by atoms with Gasteiger partial charge in [0, 0.05) is 6.92 Å². The van der Waals surface area contributed by atoms with Crippen molar-refractivity contribution in [1.82, 2.24) is 0 Å². The van der Waals surface area contributed by atoms with Crippen molar-refractivity contribution in [2.45, 2.75) is 30.6 Å². The molecule has 5 heteroatoms. The van der Waals surface area contributed by atoms with Gasteiger partial charge < -0.3 is 5.73 Å². The van der Waals surface area contributed by atoms with E-state index in [4.69, 9.17) is 0 Å². The van der Waals surface area contributed by atoms with E-state index in [0.717, 1.165) is 11.1 Å². The highest BCUT2D eigenvalue weighted by molar-refractivity contribution is 7.91. The summed E-state index contributed by atoms with van der Waals surface area (Å²) in [6.45, 7) is 4.93. The van der Waals surface area contributed by atoms with Crippen molar-refractivity contribution in [1.29, 1.82) is 0 Å². The molecule has 0 atom stereocenters. The summed E-state index contributed by atoms with van der Waals surface area (Å²) >= 11 is 0. The van der Waals surface area contributed by atoms with Crippen LogP contribution < -0.4 is 5.73 Å². The minimum Gasteiger partial charge on any atom is -0.370 e. The Balaban J connectivity index is 0.000000491. The molecule has 4 nitrogen and oxygen atoms in total. The summed E-state index contributed by atoms with van der Waals surface area (Å²) in [5, 5.41) is 0. The van der Waals surface area contributed by atoms with Crippen LogP contribution in [-0.2, 0) is 14.6 Å². The summed E-state index contributed by atoms with van der Waals surface area (Å²) in [5.41, 5.74) is 6.02. The van der Waals surface area contributed by atoms with E-state index >= 15 is 0 Å². The average molecular weight is 305 g/mol. The Morgan fingerprint density at radius 2 is 1.14 bits per heavy atom. The minimum atomic E-state index is -3.40. The van der Waals surface area contributed by atoms with E-state index in [-0.39, 0.29) is 5.91 Å². The highest BCUT2D eigenvalue weighted by Gasteiger charge is 2.20. The third-order valence-electron chi connectivity index (χ3n) is 2.77. The van der Waals surface area contributed by atoms with Crippen LogP contribution in [0.1, 0.15) is 18.1 Å². The first-order valence-electron chi connectivity index (χ1n) is 6.39. The van der Waals surface area contributed by atoms with Crippen LogP contribution in [0.4, 0.5) is 0 Å². The van der Waals surface area contributed by atoms with Crippen molar-refractivity contribution in [3.05, 3.63) is 59.7 Å². The van der Waals surface area contributed by atoms with Gasteiger partial charge in [-0.1, -0.05) is 36.4 Å². The second-order valence-electron chi connectivity index (χ2n) is 4.65. The molecular weight excluding hydrogens is 286 g/mol. The first-order chi connectivity index (χ1) is 9.76. The lowest BCUT2D eigenvalue weighted by molar-refractivity contribution is -0.115. The quantitative estimate of drug-likeness (QED) is 0.926. The van der Waals surface area contributed by atoms with Gasteiger partial charge in [0.25, 0.3) is 0 Å². The Hall–Kier alpha value is -2.14. The fraction of sp³-hybridized carbons (Fsp3) is 0.188. The number of primary amides is 1. The molecule has 0 saturated carbocycles. The molecule has 2 rings (SSSR count). The van der Waals surface area contributed by atoms with Crippen molar-refractivity contribution in [3.8, 4) is 0 Å². The Kier molecular flexibility index (Phi) is 5.67. The lowest BCUT2D eigenvalue weighted by Gasteiger charge is -2.09. The summed E-state index contributed by atoms with van der Waals surface area (Å²) in [6, 6.07) is 14.1. The van der Waals surface area contributed by atoms with Gasteiger partial charge in [0.2, 0.25) is 15.7 Å². The number of aryl methyl sites for hydroxylation is 2. The van der Waals surface area contributed by atoms with Crippen LogP contribution >= 0.6 is 0 Å². The van der Waals surface area contributed by atoms with Crippen molar-refractivity contribution in [3.63, 3.8) is 0 Å². The number of hydrogen-bond acceptors (Lipinski definition) is 3. The van der Waals surface area contributed by atoms with Gasteiger partial charge in [-0.15, -0.1) is 0 Å². The zero-order valence-electron chi connectivity index (χ0n) is 12.3. The average Bonchev–Trinajstić information content (AvgIpc) is 2.38. The van der Waals surface area contributed by atoms with E-state index in [0.29, 0.717) is 9.79 Å². The van der Waals surface area contributed by atoms with E-state index in [2.05, 4.69) is 5.73 Å². The van der Waals surface area contributed by atoms with Gasteiger partial charge in [0.15, 0.2) is 0 Å². The van der Waals surface area contributed by atoms with Gasteiger partial charge in [-0.25, -0.2) is 8.42 Å². The van der Waals surface area contributed by atoms with Crippen LogP contribution in [-0.4, -0.2) is 14.3 Å². The highest BCUT2D eigenvalue weighted by atomic mass is 32.2. The lowest BCUT2D eigenvalue weighted by Crippen LogP contribution is -2.05. The maximum atomic E-state index is 12.5. The van der Waals surface area contributed by atoms with E-state index in [1.54, 1.807) is 24.3 Å². The lowest BCUT2D eigenvalue weighted by atomic mass is 10.2. The van der Waals surface area contributed by atoms with Gasteiger partial charge >= 0.3 is 0 Å². The van der Waals surface area contributed by atoms with Gasteiger partial charge in [0.1, 0.15) is 0 Å². The predicted molar refractivity (Wildman–Crippen MR) is 82.7 cm³/mol. The zero-order chi connectivity index (χ0) is 16.0. The second kappa shape index (κ2) is 7.04. The SMILES string of the molecule is CC(N)=O.Cc1ccccc1S(=O)(=O)c1ccccc1C. The standard InChI is InChI=1S/C14H14O2S.C2H5NO/c1-11-7-3-5-9-13(11)17(15,16)14-10-6-4-8-12(14)2;1-2(3)4/h3-10H,1-2H3;1H3,(H2,3,4). The molecule has 0 heterocycles. The predicted octanol–water partition coefficient (Wildman–Crippen LogP) is 2.63. The zero-order valence-corrected chi connectivity index (χ0v) is 13.1. The summed E-state index contributed by atoms with van der Waals surface area (Å²) in [7, 11) is -3.40.